The molecule has 0 bridgehead atoms. The van der Waals surface area contributed by atoms with Crippen molar-refractivity contribution in [1.82, 2.24) is 0 Å². The van der Waals surface area contributed by atoms with Crippen molar-refractivity contribution in [2.45, 2.75) is 5.41 Å². The lowest BCUT2D eigenvalue weighted by Gasteiger charge is -2.36. The molecule has 2 heterocycles. The Morgan fingerprint density at radius 3 is 1.70 bits per heavy atom. The van der Waals surface area contributed by atoms with Gasteiger partial charge in [-0.2, -0.15) is 0 Å². The summed E-state index contributed by atoms with van der Waals surface area (Å²) < 4.78 is 14.0. The van der Waals surface area contributed by atoms with Gasteiger partial charge in [-0.05, 0) is 104 Å². The molecule has 0 saturated carbocycles. The summed E-state index contributed by atoms with van der Waals surface area (Å²) in [6, 6.07) is 81.5. The Kier molecular flexibility index (Phi) is 7.32. The second-order valence-corrected chi connectivity index (χ2v) is 17.0. The van der Waals surface area contributed by atoms with E-state index in [2.05, 4.69) is 229 Å². The van der Waals surface area contributed by atoms with Gasteiger partial charge in [0.1, 0.15) is 16.9 Å². The van der Waals surface area contributed by atoms with Crippen LogP contribution >= 0.6 is 0 Å². The van der Waals surface area contributed by atoms with Gasteiger partial charge in [0.05, 0.1) is 11.1 Å². The summed E-state index contributed by atoms with van der Waals surface area (Å²) >= 11 is 0. The fourth-order valence-corrected chi connectivity index (χ4v) is 11.4. The lowest BCUT2D eigenvalue weighted by Crippen LogP contribution is -2.29. The van der Waals surface area contributed by atoms with E-state index in [1.165, 1.54) is 50.1 Å². The molecule has 0 fully saturated rings. The van der Waals surface area contributed by atoms with Crippen LogP contribution < -0.4 is 9.64 Å². The minimum atomic E-state index is -0.666. The van der Waals surface area contributed by atoms with Crippen molar-refractivity contribution in [2.75, 3.05) is 4.90 Å². The number of para-hydroxylation sites is 4. The Balaban J connectivity index is 1.08. The molecule has 0 N–H and O–H groups in total. The first-order chi connectivity index (χ1) is 31.8. The van der Waals surface area contributed by atoms with E-state index in [4.69, 9.17) is 9.15 Å². The van der Waals surface area contributed by atoms with Crippen LogP contribution in [0.15, 0.2) is 229 Å². The lowest BCUT2D eigenvalue weighted by molar-refractivity contribution is 0.489. The molecule has 3 aliphatic rings. The van der Waals surface area contributed by atoms with Crippen LogP contribution in [0.3, 0.4) is 0 Å². The van der Waals surface area contributed by atoms with E-state index < -0.39 is 5.41 Å². The van der Waals surface area contributed by atoms with Gasteiger partial charge in [-0.25, -0.2) is 0 Å². The summed E-state index contributed by atoms with van der Waals surface area (Å²) in [5.41, 5.74) is 20.8. The van der Waals surface area contributed by atoms with Gasteiger partial charge >= 0.3 is 0 Å². The number of fused-ring (bicyclic) bond motifs is 21. The van der Waals surface area contributed by atoms with E-state index in [1.807, 2.05) is 0 Å². The average Bonchev–Trinajstić information content (AvgIpc) is 3.80. The highest BCUT2D eigenvalue weighted by molar-refractivity contribution is 6.13. The van der Waals surface area contributed by atoms with Crippen LogP contribution in [0.4, 0.5) is 17.1 Å². The Labute approximate surface area is 370 Å². The predicted octanol–water partition coefficient (Wildman–Crippen LogP) is 16.5. The monoisotopic (exact) mass is 815 g/mol. The fraction of sp³-hybridized carbons (Fsp3) is 0.0164. The predicted molar refractivity (Wildman–Crippen MR) is 261 cm³/mol. The first-order valence-electron chi connectivity index (χ1n) is 22.0. The maximum atomic E-state index is 7.13. The van der Waals surface area contributed by atoms with Crippen LogP contribution in [0.1, 0.15) is 22.3 Å². The van der Waals surface area contributed by atoms with Crippen molar-refractivity contribution >= 4 is 39.0 Å². The minimum Gasteiger partial charge on any atom is -0.455 e. The fourth-order valence-electron chi connectivity index (χ4n) is 11.4. The molecule has 11 aromatic rings. The van der Waals surface area contributed by atoms with E-state index in [0.717, 1.165) is 78.3 Å². The van der Waals surface area contributed by atoms with Crippen molar-refractivity contribution < 1.29 is 9.15 Å². The van der Waals surface area contributed by atoms with Crippen LogP contribution in [0.5, 0.6) is 11.5 Å². The molecular formula is C61H37NO2. The van der Waals surface area contributed by atoms with Gasteiger partial charge in [0, 0.05) is 38.8 Å². The van der Waals surface area contributed by atoms with Gasteiger partial charge in [0.2, 0.25) is 0 Å². The van der Waals surface area contributed by atoms with E-state index in [1.54, 1.807) is 0 Å². The third-order valence-corrected chi connectivity index (χ3v) is 13.9. The zero-order chi connectivity index (χ0) is 41.9. The zero-order valence-electron chi connectivity index (χ0n) is 34.6. The van der Waals surface area contributed by atoms with Gasteiger partial charge in [0.15, 0.2) is 5.75 Å². The van der Waals surface area contributed by atoms with Crippen molar-refractivity contribution in [3.8, 4) is 67.1 Å². The highest BCUT2D eigenvalue weighted by atomic mass is 16.5. The average molecular weight is 816 g/mol. The maximum absolute atomic E-state index is 7.13. The summed E-state index contributed by atoms with van der Waals surface area (Å²) in [6.45, 7) is 0. The summed E-state index contributed by atoms with van der Waals surface area (Å²) in [4.78, 5) is 2.37. The second kappa shape index (κ2) is 13.3. The Morgan fingerprint density at radius 2 is 0.906 bits per heavy atom. The third-order valence-electron chi connectivity index (χ3n) is 13.9. The van der Waals surface area contributed by atoms with Gasteiger partial charge < -0.3 is 14.1 Å². The van der Waals surface area contributed by atoms with Crippen molar-refractivity contribution in [2.24, 2.45) is 0 Å². The topological polar surface area (TPSA) is 25.6 Å². The number of anilines is 3. The second-order valence-electron chi connectivity index (χ2n) is 17.0. The molecule has 0 saturated heterocycles. The number of nitrogens with zero attached hydrogens (tertiary/aromatic N) is 1. The van der Waals surface area contributed by atoms with Crippen LogP contribution in [-0.4, -0.2) is 0 Å². The summed E-state index contributed by atoms with van der Waals surface area (Å²) in [5.74, 6) is 1.65. The third kappa shape index (κ3) is 4.70. The van der Waals surface area contributed by atoms with Gasteiger partial charge in [-0.1, -0.05) is 182 Å². The van der Waals surface area contributed by atoms with E-state index in [0.29, 0.717) is 0 Å². The molecular weight excluding hydrogens is 779 g/mol. The number of furan rings is 1. The molecule has 14 rings (SSSR count). The van der Waals surface area contributed by atoms with Gasteiger partial charge in [-0.15, -0.1) is 0 Å². The molecule has 0 amide bonds. The van der Waals surface area contributed by atoms with Gasteiger partial charge in [0.25, 0.3) is 0 Å². The zero-order valence-corrected chi connectivity index (χ0v) is 34.6. The number of rotatable bonds is 3. The van der Waals surface area contributed by atoms with Crippen molar-refractivity contribution in [3.63, 3.8) is 0 Å². The molecule has 298 valence electrons. The number of benzene rings is 10. The van der Waals surface area contributed by atoms with Crippen LogP contribution in [0, 0.1) is 0 Å². The summed E-state index contributed by atoms with van der Waals surface area (Å²) in [5, 5.41) is 2.27. The molecule has 10 aromatic carbocycles. The number of hydrogen-bond acceptors (Lipinski definition) is 3. The normalized spacial score (nSPS) is 14.8. The molecule has 64 heavy (non-hydrogen) atoms. The molecule has 1 aliphatic heterocycles. The van der Waals surface area contributed by atoms with Crippen LogP contribution in [0.2, 0.25) is 0 Å². The molecule has 3 nitrogen and oxygen atoms in total. The first kappa shape index (κ1) is 35.2. The van der Waals surface area contributed by atoms with Crippen LogP contribution in [-0.2, 0) is 5.41 Å². The highest BCUT2D eigenvalue weighted by Gasteiger charge is 2.51. The molecule has 1 aromatic heterocycles. The van der Waals surface area contributed by atoms with Gasteiger partial charge in [-0.3, -0.25) is 0 Å². The highest BCUT2D eigenvalue weighted by Crippen LogP contribution is 2.63. The molecule has 3 heteroatoms. The quantitative estimate of drug-likeness (QED) is 0.178. The Hall–Kier alpha value is -8.40. The number of hydrogen-bond donors (Lipinski definition) is 0. The van der Waals surface area contributed by atoms with E-state index in [-0.39, 0.29) is 0 Å². The molecule has 1 atom stereocenters. The molecule has 1 spiro atoms. The summed E-state index contributed by atoms with van der Waals surface area (Å²) in [7, 11) is 0. The van der Waals surface area contributed by atoms with Crippen molar-refractivity contribution in [3.05, 3.63) is 247 Å². The maximum Gasteiger partial charge on any atom is 0.159 e. The Morgan fingerprint density at radius 1 is 0.344 bits per heavy atom. The first-order valence-corrected chi connectivity index (χ1v) is 22.0. The van der Waals surface area contributed by atoms with Crippen molar-refractivity contribution in [1.29, 1.82) is 0 Å². The summed E-state index contributed by atoms with van der Waals surface area (Å²) in [6.07, 6.45) is 0. The number of ether oxygens (including phenoxy) is 1. The minimum absolute atomic E-state index is 0.666. The lowest BCUT2D eigenvalue weighted by atomic mass is 9.66. The molecule has 2 aliphatic carbocycles. The SMILES string of the molecule is c1ccc(N(c2ccc3c(c2)-c2ccccc2-c2ccccc2C32c3ccccc3-c3c2ccc2c3oc3ccccc32)c2cccc3c2Oc2ccccc2-c2ccccc2-3)cc1. The van der Waals surface area contributed by atoms with E-state index in [9.17, 15) is 0 Å². The van der Waals surface area contributed by atoms with Crippen LogP contribution in [0.25, 0.3) is 77.6 Å². The smallest absolute Gasteiger partial charge is 0.159 e. The van der Waals surface area contributed by atoms with E-state index >= 15 is 0 Å². The molecule has 0 radical (unpaired) electrons. The molecule has 1 unspecified atom stereocenters. The Bertz CT molecular complexity index is 3730. The largest absolute Gasteiger partial charge is 0.455 e. The standard InChI is InChI=1S/C61H37NO2/c1-2-17-38(18-3-1)62(55-30-16-27-47-42-21-6-5-20-41(42)45-24-10-14-31-56(45)63-59(47)55)39-33-35-53-50(37-39)43-22-7-4-19-40(43)44-23-8-12-28-51(44)61(53)52-29-13-9-26-49(52)58-54(61)36-34-48-46-25-11-15-32-57(46)64-60(48)58/h1-37H.